The third-order valence-electron chi connectivity index (χ3n) is 5.16. The van der Waals surface area contributed by atoms with Crippen LogP contribution < -0.4 is 0 Å². The lowest BCUT2D eigenvalue weighted by Crippen LogP contribution is -2.50. The minimum Gasteiger partial charge on any atom is -0.335 e. The molecule has 0 bridgehead atoms. The molecule has 0 N–H and O–H groups in total. The zero-order valence-corrected chi connectivity index (χ0v) is 17.7. The first-order chi connectivity index (χ1) is 14.8. The number of nitrogens with zero attached hydrogens (tertiary/aromatic N) is 6. The zero-order chi connectivity index (χ0) is 22.0. The fourth-order valence-corrected chi connectivity index (χ4v) is 4.35. The molecule has 1 aromatic carbocycles. The number of aromatic nitrogens is 4. The highest BCUT2D eigenvalue weighted by atomic mass is 32.2. The fourth-order valence-electron chi connectivity index (χ4n) is 3.52. The van der Waals surface area contributed by atoms with Gasteiger partial charge in [0.15, 0.2) is 5.69 Å². The second-order valence-corrected chi connectivity index (χ2v) is 9.21. The molecule has 4 rings (SSSR count). The lowest BCUT2D eigenvalue weighted by molar-refractivity contribution is 0.0693. The number of carbonyl (C=O) groups excluding carboxylic acids is 1. The van der Waals surface area contributed by atoms with Gasteiger partial charge in [-0.3, -0.25) is 9.78 Å². The molecular weight excluding hydrogens is 423 g/mol. The van der Waals surface area contributed by atoms with Crippen LogP contribution in [0.3, 0.4) is 0 Å². The van der Waals surface area contributed by atoms with Gasteiger partial charge in [-0.1, -0.05) is 23.4 Å². The van der Waals surface area contributed by atoms with Gasteiger partial charge in [0, 0.05) is 49.7 Å². The summed E-state index contributed by atoms with van der Waals surface area (Å²) in [5.74, 6) is -0.719. The largest absolute Gasteiger partial charge is 0.335 e. The molecule has 0 unspecified atom stereocenters. The van der Waals surface area contributed by atoms with E-state index >= 15 is 0 Å². The minimum atomic E-state index is -3.30. The molecule has 2 aromatic heterocycles. The number of hydrogen-bond acceptors (Lipinski definition) is 6. The van der Waals surface area contributed by atoms with Gasteiger partial charge < -0.3 is 4.90 Å². The van der Waals surface area contributed by atoms with Crippen molar-refractivity contribution in [2.24, 2.45) is 0 Å². The molecular formula is C20H21FN6O3S. The summed E-state index contributed by atoms with van der Waals surface area (Å²) >= 11 is 0. The normalized spacial score (nSPS) is 15.2. The van der Waals surface area contributed by atoms with Crippen molar-refractivity contribution in [3.8, 4) is 11.3 Å². The van der Waals surface area contributed by atoms with E-state index in [0.29, 0.717) is 16.8 Å². The Bertz CT molecular complexity index is 1190. The first-order valence-corrected chi connectivity index (χ1v) is 11.5. The van der Waals surface area contributed by atoms with Crippen molar-refractivity contribution < 1.29 is 17.6 Å². The van der Waals surface area contributed by atoms with Gasteiger partial charge in [-0.25, -0.2) is 17.5 Å². The molecule has 9 nitrogen and oxygen atoms in total. The number of pyridine rings is 1. The predicted molar refractivity (Wildman–Crippen MR) is 111 cm³/mol. The molecule has 3 aromatic rings. The average molecular weight is 444 g/mol. The van der Waals surface area contributed by atoms with Gasteiger partial charge >= 0.3 is 0 Å². The van der Waals surface area contributed by atoms with Gasteiger partial charge in [0.1, 0.15) is 11.5 Å². The van der Waals surface area contributed by atoms with Crippen LogP contribution in [0.1, 0.15) is 16.1 Å². The van der Waals surface area contributed by atoms with Crippen molar-refractivity contribution in [2.45, 2.75) is 6.54 Å². The molecule has 31 heavy (non-hydrogen) atoms. The average Bonchev–Trinajstić information content (AvgIpc) is 3.18. The summed E-state index contributed by atoms with van der Waals surface area (Å²) in [5, 5.41) is 8.23. The number of sulfonamides is 1. The van der Waals surface area contributed by atoms with Crippen molar-refractivity contribution in [3.05, 3.63) is 65.9 Å². The van der Waals surface area contributed by atoms with Crippen LogP contribution in [0.5, 0.6) is 0 Å². The van der Waals surface area contributed by atoms with E-state index in [9.17, 15) is 17.6 Å². The van der Waals surface area contributed by atoms with Gasteiger partial charge in [0.25, 0.3) is 5.91 Å². The summed E-state index contributed by atoms with van der Waals surface area (Å²) in [5.41, 5.74) is 1.69. The van der Waals surface area contributed by atoms with E-state index in [2.05, 4.69) is 15.3 Å². The SMILES string of the molecule is CS(=O)(=O)N1CCN(C(=O)c2nnn(Cc3ccccc3F)c2-c2ccncc2)CC1. The lowest BCUT2D eigenvalue weighted by Gasteiger charge is -2.32. The van der Waals surface area contributed by atoms with E-state index in [0.717, 1.165) is 6.26 Å². The Labute approximate surface area is 179 Å². The molecule has 1 aliphatic rings. The molecule has 0 aliphatic carbocycles. The summed E-state index contributed by atoms with van der Waals surface area (Å²) in [6, 6.07) is 9.82. The smallest absolute Gasteiger partial charge is 0.276 e. The number of amides is 1. The van der Waals surface area contributed by atoms with E-state index in [1.807, 2.05) is 0 Å². The molecule has 1 saturated heterocycles. The van der Waals surface area contributed by atoms with Crippen LogP contribution in [0.2, 0.25) is 0 Å². The molecule has 1 fully saturated rings. The number of carbonyl (C=O) groups is 1. The number of hydrogen-bond donors (Lipinski definition) is 0. The molecule has 0 saturated carbocycles. The monoisotopic (exact) mass is 444 g/mol. The van der Waals surface area contributed by atoms with Crippen molar-refractivity contribution in [2.75, 3.05) is 32.4 Å². The van der Waals surface area contributed by atoms with Crippen LogP contribution in [-0.2, 0) is 16.6 Å². The summed E-state index contributed by atoms with van der Waals surface area (Å²) in [7, 11) is -3.30. The van der Waals surface area contributed by atoms with E-state index in [1.54, 1.807) is 47.6 Å². The Morgan fingerprint density at radius 1 is 1.06 bits per heavy atom. The molecule has 3 heterocycles. The molecule has 11 heteroatoms. The number of rotatable bonds is 5. The number of halogens is 1. The molecule has 1 aliphatic heterocycles. The van der Waals surface area contributed by atoms with E-state index in [4.69, 9.17) is 0 Å². The Balaban J connectivity index is 1.66. The highest BCUT2D eigenvalue weighted by Crippen LogP contribution is 2.25. The summed E-state index contributed by atoms with van der Waals surface area (Å²) in [6.07, 6.45) is 4.34. The van der Waals surface area contributed by atoms with Crippen LogP contribution in [0.15, 0.2) is 48.8 Å². The van der Waals surface area contributed by atoms with Crippen LogP contribution in [0.4, 0.5) is 4.39 Å². The van der Waals surface area contributed by atoms with Crippen LogP contribution in [0, 0.1) is 5.82 Å². The first-order valence-electron chi connectivity index (χ1n) is 9.66. The van der Waals surface area contributed by atoms with Gasteiger partial charge in [0.05, 0.1) is 12.8 Å². The predicted octanol–water partition coefficient (Wildman–Crippen LogP) is 1.24. The van der Waals surface area contributed by atoms with Gasteiger partial charge in [-0.05, 0) is 18.2 Å². The van der Waals surface area contributed by atoms with Crippen LogP contribution >= 0.6 is 0 Å². The maximum Gasteiger partial charge on any atom is 0.276 e. The van der Waals surface area contributed by atoms with Gasteiger partial charge in [0.2, 0.25) is 10.0 Å². The van der Waals surface area contributed by atoms with Crippen molar-refractivity contribution in [1.29, 1.82) is 0 Å². The van der Waals surface area contributed by atoms with Crippen LogP contribution in [0.25, 0.3) is 11.3 Å². The second-order valence-electron chi connectivity index (χ2n) is 7.23. The highest BCUT2D eigenvalue weighted by Gasteiger charge is 2.30. The third kappa shape index (κ3) is 4.47. The van der Waals surface area contributed by atoms with Gasteiger partial charge in [-0.15, -0.1) is 5.10 Å². The van der Waals surface area contributed by atoms with E-state index in [-0.39, 0.29) is 50.1 Å². The maximum absolute atomic E-state index is 14.2. The first kappa shape index (κ1) is 21.1. The summed E-state index contributed by atoms with van der Waals surface area (Å²) in [6.45, 7) is 1.05. The quantitative estimate of drug-likeness (QED) is 0.587. The van der Waals surface area contributed by atoms with Crippen LogP contribution in [-0.4, -0.2) is 75.9 Å². The minimum absolute atomic E-state index is 0.104. The second kappa shape index (κ2) is 8.52. The topological polar surface area (TPSA) is 101 Å². The molecule has 0 spiro atoms. The maximum atomic E-state index is 14.2. The summed E-state index contributed by atoms with van der Waals surface area (Å²) in [4.78, 5) is 18.8. The molecule has 1 amide bonds. The van der Waals surface area contributed by atoms with Gasteiger partial charge in [-0.2, -0.15) is 4.31 Å². The van der Waals surface area contributed by atoms with Crippen molar-refractivity contribution in [1.82, 2.24) is 29.2 Å². The lowest BCUT2D eigenvalue weighted by atomic mass is 10.1. The standard InChI is InChI=1S/C20H21FN6O3S/c1-31(29,30)26-12-10-25(11-13-26)20(28)18-19(15-6-8-22-9-7-15)27(24-23-18)14-16-4-2-3-5-17(16)21/h2-9H,10-14H2,1H3. The highest BCUT2D eigenvalue weighted by molar-refractivity contribution is 7.88. The van der Waals surface area contributed by atoms with Crippen molar-refractivity contribution >= 4 is 15.9 Å². The van der Waals surface area contributed by atoms with E-state index < -0.39 is 10.0 Å². The van der Waals surface area contributed by atoms with E-state index in [1.165, 1.54) is 15.1 Å². The Morgan fingerprint density at radius 2 is 1.74 bits per heavy atom. The zero-order valence-electron chi connectivity index (χ0n) is 16.8. The number of benzene rings is 1. The van der Waals surface area contributed by atoms with Crippen molar-refractivity contribution in [3.63, 3.8) is 0 Å². The third-order valence-corrected chi connectivity index (χ3v) is 6.47. The summed E-state index contributed by atoms with van der Waals surface area (Å²) < 4.78 is 40.5. The Morgan fingerprint density at radius 3 is 2.39 bits per heavy atom. The molecule has 162 valence electrons. The Kier molecular flexibility index (Phi) is 5.79. The molecule has 0 atom stereocenters. The molecule has 0 radical (unpaired) electrons. The fraction of sp³-hybridized carbons (Fsp3) is 0.300. The Hall–Kier alpha value is -3.18. The number of piperazine rings is 1.